The van der Waals surface area contributed by atoms with Crippen LogP contribution in [0.2, 0.25) is 0 Å². The number of hydrogen-bond donors (Lipinski definition) is 0. The van der Waals surface area contributed by atoms with Crippen molar-refractivity contribution in [1.82, 2.24) is 0 Å². The highest BCUT2D eigenvalue weighted by Gasteiger charge is 2.18. The Labute approximate surface area is 249 Å². The normalized spacial score (nSPS) is 11.3. The molecule has 196 valence electrons. The largest absolute Gasteiger partial charge is 0.0683 e. The molecular formula is C40H29Br. The van der Waals surface area contributed by atoms with E-state index in [2.05, 4.69) is 155 Å². The molecular weight excluding hydrogens is 560 g/mol. The van der Waals surface area contributed by atoms with Gasteiger partial charge in [-0.3, -0.25) is 0 Å². The number of fused-ring (bicyclic) bond motifs is 6. The van der Waals surface area contributed by atoms with Crippen LogP contribution in [-0.4, -0.2) is 0 Å². The first-order valence-corrected chi connectivity index (χ1v) is 15.1. The molecule has 0 N–H and O–H groups in total. The molecule has 0 atom stereocenters. The summed E-state index contributed by atoms with van der Waals surface area (Å²) in [4.78, 5) is 0. The first kappa shape index (κ1) is 25.5. The fraction of sp³-hybridized carbons (Fsp3) is 0.0500. The lowest BCUT2D eigenvalue weighted by Gasteiger charge is -2.19. The third-order valence-corrected chi connectivity index (χ3v) is 8.95. The van der Waals surface area contributed by atoms with Crippen molar-refractivity contribution in [2.24, 2.45) is 0 Å². The molecule has 0 amide bonds. The van der Waals surface area contributed by atoms with Crippen LogP contribution in [0.1, 0.15) is 13.8 Å². The molecule has 8 aromatic carbocycles. The third kappa shape index (κ3) is 4.04. The van der Waals surface area contributed by atoms with E-state index >= 15 is 0 Å². The predicted molar refractivity (Wildman–Crippen MR) is 184 cm³/mol. The monoisotopic (exact) mass is 588 g/mol. The zero-order valence-electron chi connectivity index (χ0n) is 23.2. The standard InChI is InChI=1S/C38H23Br.C2H6/c39-38-26-14-5-4-13-25(26)23-35-27-19-10-20-29(28(27)21-22-34(35)38)37-32-17-8-6-15-30(32)36(24-11-2-1-3-12-24)31-16-7-9-18-33(31)37;1-2/h1-23H;1-2H3. The molecule has 0 radical (unpaired) electrons. The van der Waals surface area contributed by atoms with Crippen molar-refractivity contribution in [2.45, 2.75) is 13.8 Å². The summed E-state index contributed by atoms with van der Waals surface area (Å²) in [6.07, 6.45) is 0. The second-order valence-electron chi connectivity index (χ2n) is 10.2. The minimum atomic E-state index is 1.16. The van der Waals surface area contributed by atoms with Gasteiger partial charge in [-0.1, -0.05) is 147 Å². The summed E-state index contributed by atoms with van der Waals surface area (Å²) in [5.74, 6) is 0. The van der Waals surface area contributed by atoms with E-state index in [9.17, 15) is 0 Å². The van der Waals surface area contributed by atoms with E-state index in [1.165, 1.54) is 76.1 Å². The highest BCUT2D eigenvalue weighted by atomic mass is 79.9. The molecule has 0 aliphatic heterocycles. The van der Waals surface area contributed by atoms with Crippen molar-refractivity contribution in [1.29, 1.82) is 0 Å². The lowest BCUT2D eigenvalue weighted by Crippen LogP contribution is -1.92. The molecule has 0 aromatic heterocycles. The topological polar surface area (TPSA) is 0 Å². The maximum atomic E-state index is 3.93. The van der Waals surface area contributed by atoms with Crippen LogP contribution in [0.15, 0.2) is 144 Å². The van der Waals surface area contributed by atoms with Crippen LogP contribution in [0.5, 0.6) is 0 Å². The Morgan fingerprint density at radius 1 is 0.366 bits per heavy atom. The molecule has 1 heteroatoms. The molecule has 0 unspecified atom stereocenters. The first-order chi connectivity index (χ1) is 20.3. The molecule has 0 bridgehead atoms. The average Bonchev–Trinajstić information content (AvgIpc) is 3.05. The molecule has 8 aromatic rings. The van der Waals surface area contributed by atoms with Crippen molar-refractivity contribution in [3.63, 3.8) is 0 Å². The molecule has 8 rings (SSSR count). The van der Waals surface area contributed by atoms with Crippen molar-refractivity contribution in [3.05, 3.63) is 144 Å². The van der Waals surface area contributed by atoms with Crippen LogP contribution < -0.4 is 0 Å². The smallest absolute Gasteiger partial charge is 0.0332 e. The van der Waals surface area contributed by atoms with Crippen LogP contribution >= 0.6 is 15.9 Å². The summed E-state index contributed by atoms with van der Waals surface area (Å²) >= 11 is 3.93. The van der Waals surface area contributed by atoms with Crippen molar-refractivity contribution < 1.29 is 0 Å². The van der Waals surface area contributed by atoms with Crippen molar-refractivity contribution in [2.75, 3.05) is 0 Å². The summed E-state index contributed by atoms with van der Waals surface area (Å²) in [7, 11) is 0. The van der Waals surface area contributed by atoms with Gasteiger partial charge in [0.05, 0.1) is 0 Å². The van der Waals surface area contributed by atoms with Gasteiger partial charge >= 0.3 is 0 Å². The van der Waals surface area contributed by atoms with Crippen LogP contribution in [0, 0.1) is 0 Å². The van der Waals surface area contributed by atoms with Gasteiger partial charge in [-0.25, -0.2) is 0 Å². The second-order valence-corrected chi connectivity index (χ2v) is 11.0. The number of hydrogen-bond acceptors (Lipinski definition) is 0. The van der Waals surface area contributed by atoms with E-state index in [0.29, 0.717) is 0 Å². The number of halogens is 1. The summed E-state index contributed by atoms with van der Waals surface area (Å²) in [6, 6.07) is 50.9. The Morgan fingerprint density at radius 3 is 1.54 bits per heavy atom. The highest BCUT2D eigenvalue weighted by molar-refractivity contribution is 9.10. The molecule has 0 spiro atoms. The van der Waals surface area contributed by atoms with Gasteiger partial charge in [-0.2, -0.15) is 0 Å². The van der Waals surface area contributed by atoms with E-state index in [-0.39, 0.29) is 0 Å². The average molecular weight is 590 g/mol. The maximum absolute atomic E-state index is 3.93. The van der Waals surface area contributed by atoms with E-state index < -0.39 is 0 Å². The Morgan fingerprint density at radius 2 is 0.878 bits per heavy atom. The fourth-order valence-electron chi connectivity index (χ4n) is 6.40. The zero-order valence-corrected chi connectivity index (χ0v) is 24.7. The Hall–Kier alpha value is -4.46. The van der Waals surface area contributed by atoms with Crippen LogP contribution in [0.4, 0.5) is 0 Å². The quantitative estimate of drug-likeness (QED) is 0.139. The van der Waals surface area contributed by atoms with Crippen LogP contribution in [-0.2, 0) is 0 Å². The predicted octanol–water partition coefficient (Wildman–Crippen LogP) is 12.6. The molecule has 0 heterocycles. The van der Waals surface area contributed by atoms with Crippen LogP contribution in [0.25, 0.3) is 76.1 Å². The molecule has 0 aliphatic carbocycles. The zero-order chi connectivity index (χ0) is 27.9. The summed E-state index contributed by atoms with van der Waals surface area (Å²) in [6.45, 7) is 4.00. The highest BCUT2D eigenvalue weighted by Crippen LogP contribution is 2.46. The molecule has 41 heavy (non-hydrogen) atoms. The third-order valence-electron chi connectivity index (χ3n) is 8.10. The summed E-state index contributed by atoms with van der Waals surface area (Å²) in [5.41, 5.74) is 5.11. The first-order valence-electron chi connectivity index (χ1n) is 14.3. The van der Waals surface area contributed by atoms with E-state index in [0.717, 1.165) is 4.47 Å². The SMILES string of the molecule is Brc1c2ccccc2cc2c1ccc1c(-c3c4ccccc4c(-c4ccccc4)c4ccccc34)cccc12.CC. The van der Waals surface area contributed by atoms with Gasteiger partial charge < -0.3 is 0 Å². The Balaban J connectivity index is 0.00000135. The Kier molecular flexibility index (Phi) is 6.53. The van der Waals surface area contributed by atoms with E-state index in [4.69, 9.17) is 0 Å². The van der Waals surface area contributed by atoms with Gasteiger partial charge in [0.2, 0.25) is 0 Å². The summed E-state index contributed by atoms with van der Waals surface area (Å²) < 4.78 is 1.16. The summed E-state index contributed by atoms with van der Waals surface area (Å²) in [5, 5.41) is 12.7. The molecule has 0 saturated carbocycles. The molecule has 0 aliphatic rings. The fourth-order valence-corrected chi connectivity index (χ4v) is 7.11. The number of benzene rings is 8. The van der Waals surface area contributed by atoms with Crippen LogP contribution in [0.3, 0.4) is 0 Å². The van der Waals surface area contributed by atoms with Crippen molar-refractivity contribution in [3.8, 4) is 22.3 Å². The van der Waals surface area contributed by atoms with Gasteiger partial charge in [-0.05, 0) is 98.1 Å². The van der Waals surface area contributed by atoms with E-state index in [1.807, 2.05) is 13.8 Å². The lowest BCUT2D eigenvalue weighted by molar-refractivity contribution is 1.50. The van der Waals surface area contributed by atoms with Gasteiger partial charge in [0.15, 0.2) is 0 Å². The minimum Gasteiger partial charge on any atom is -0.0683 e. The molecule has 0 nitrogen and oxygen atoms in total. The van der Waals surface area contributed by atoms with Gasteiger partial charge in [0.1, 0.15) is 0 Å². The number of rotatable bonds is 2. The molecule has 0 saturated heterocycles. The van der Waals surface area contributed by atoms with Crippen molar-refractivity contribution >= 4 is 69.8 Å². The second kappa shape index (κ2) is 10.5. The van der Waals surface area contributed by atoms with Gasteiger partial charge in [-0.15, -0.1) is 0 Å². The lowest BCUT2D eigenvalue weighted by atomic mass is 9.84. The molecule has 0 fully saturated rings. The Bertz CT molecular complexity index is 2170. The maximum Gasteiger partial charge on any atom is 0.0332 e. The van der Waals surface area contributed by atoms with Gasteiger partial charge in [0.25, 0.3) is 0 Å². The van der Waals surface area contributed by atoms with Gasteiger partial charge in [0, 0.05) is 4.47 Å². The minimum absolute atomic E-state index is 1.16. The van der Waals surface area contributed by atoms with E-state index in [1.54, 1.807) is 0 Å².